The summed E-state index contributed by atoms with van der Waals surface area (Å²) in [6.07, 6.45) is 1.21. The first kappa shape index (κ1) is 22.1. The van der Waals surface area contributed by atoms with E-state index in [0.717, 1.165) is 0 Å². The molecular formula is C23H25NO7. The van der Waals surface area contributed by atoms with Gasteiger partial charge in [-0.25, -0.2) is 9.59 Å². The zero-order valence-corrected chi connectivity index (χ0v) is 18.2. The van der Waals surface area contributed by atoms with Crippen molar-refractivity contribution in [1.29, 1.82) is 0 Å². The minimum Gasteiger partial charge on any atom is -0.463 e. The van der Waals surface area contributed by atoms with Crippen molar-refractivity contribution in [3.05, 3.63) is 51.9 Å². The van der Waals surface area contributed by atoms with E-state index in [9.17, 15) is 14.4 Å². The van der Waals surface area contributed by atoms with E-state index < -0.39 is 22.9 Å². The lowest BCUT2D eigenvalue weighted by Crippen LogP contribution is -2.27. The Kier molecular flexibility index (Phi) is 6.19. The molecule has 8 heteroatoms. The highest BCUT2D eigenvalue weighted by molar-refractivity contribution is 6.10. The van der Waals surface area contributed by atoms with E-state index in [-0.39, 0.29) is 41.5 Å². The molecule has 8 nitrogen and oxygen atoms in total. The maximum atomic E-state index is 13.2. The molecule has 0 aliphatic heterocycles. The second-order valence-corrected chi connectivity index (χ2v) is 7.80. The van der Waals surface area contributed by atoms with Gasteiger partial charge in [0, 0.05) is 5.54 Å². The second-order valence-electron chi connectivity index (χ2n) is 7.80. The molecule has 1 N–H and O–H groups in total. The largest absolute Gasteiger partial charge is 0.463 e. The Hall–Kier alpha value is -3.55. The van der Waals surface area contributed by atoms with Crippen LogP contribution in [-0.2, 0) is 9.47 Å². The quantitative estimate of drug-likeness (QED) is 0.568. The van der Waals surface area contributed by atoms with Gasteiger partial charge in [0.25, 0.3) is 0 Å². The lowest BCUT2D eigenvalue weighted by atomic mass is 10.0. The fourth-order valence-corrected chi connectivity index (χ4v) is 3.08. The van der Waals surface area contributed by atoms with Gasteiger partial charge in [-0.1, -0.05) is 12.1 Å². The molecule has 3 rings (SSSR count). The minimum absolute atomic E-state index is 0.00531. The molecule has 0 bridgehead atoms. The molecule has 0 aliphatic rings. The number of para-hydroxylation sites is 1. The molecule has 31 heavy (non-hydrogen) atoms. The Morgan fingerprint density at radius 1 is 1.00 bits per heavy atom. The summed E-state index contributed by atoms with van der Waals surface area (Å²) in [5.74, 6) is -1.68. The van der Waals surface area contributed by atoms with Crippen LogP contribution in [0.4, 0.5) is 5.88 Å². The van der Waals surface area contributed by atoms with Crippen LogP contribution in [-0.4, -0.2) is 30.7 Å². The summed E-state index contributed by atoms with van der Waals surface area (Å²) in [6.45, 7) is 9.03. The highest BCUT2D eigenvalue weighted by Crippen LogP contribution is 2.36. The van der Waals surface area contributed by atoms with Gasteiger partial charge in [0.2, 0.25) is 11.3 Å². The van der Waals surface area contributed by atoms with Gasteiger partial charge in [0.1, 0.15) is 28.5 Å². The molecule has 2 heterocycles. The monoisotopic (exact) mass is 427 g/mol. The third kappa shape index (κ3) is 4.47. The lowest BCUT2D eigenvalue weighted by molar-refractivity contribution is 0.0481. The van der Waals surface area contributed by atoms with E-state index in [1.165, 1.54) is 6.26 Å². The Labute approximate surface area is 179 Å². The third-order valence-corrected chi connectivity index (χ3v) is 4.28. The molecule has 164 valence electrons. The first-order valence-corrected chi connectivity index (χ1v) is 9.98. The van der Waals surface area contributed by atoms with Crippen molar-refractivity contribution in [3.63, 3.8) is 0 Å². The topological polar surface area (TPSA) is 108 Å². The highest BCUT2D eigenvalue weighted by atomic mass is 16.5. The molecule has 0 fully saturated rings. The Morgan fingerprint density at radius 3 is 2.23 bits per heavy atom. The van der Waals surface area contributed by atoms with Crippen LogP contribution in [0.1, 0.15) is 55.3 Å². The van der Waals surface area contributed by atoms with Gasteiger partial charge >= 0.3 is 11.9 Å². The van der Waals surface area contributed by atoms with Gasteiger partial charge in [0.15, 0.2) is 5.76 Å². The van der Waals surface area contributed by atoms with Crippen molar-refractivity contribution in [1.82, 2.24) is 0 Å². The first-order chi connectivity index (χ1) is 14.7. The van der Waals surface area contributed by atoms with Crippen molar-refractivity contribution < 1.29 is 27.9 Å². The SMILES string of the molecule is CCOC(=O)c1c(NC(C)(C)C)oc(-c2coc3ccccc3c2=O)c1C(=O)OCC. The van der Waals surface area contributed by atoms with E-state index in [1.807, 2.05) is 20.8 Å². The highest BCUT2D eigenvalue weighted by Gasteiger charge is 2.35. The smallest absolute Gasteiger partial charge is 0.344 e. The summed E-state index contributed by atoms with van der Waals surface area (Å²) in [4.78, 5) is 38.8. The first-order valence-electron chi connectivity index (χ1n) is 9.98. The van der Waals surface area contributed by atoms with Crippen molar-refractivity contribution in [3.8, 4) is 11.3 Å². The zero-order chi connectivity index (χ0) is 22.8. The zero-order valence-electron chi connectivity index (χ0n) is 18.2. The number of benzene rings is 1. The summed E-state index contributed by atoms with van der Waals surface area (Å²) in [7, 11) is 0. The molecule has 0 saturated carbocycles. The van der Waals surface area contributed by atoms with Crippen molar-refractivity contribution >= 4 is 28.8 Å². The predicted octanol–water partition coefficient (Wildman–Crippen LogP) is 4.62. The van der Waals surface area contributed by atoms with Gasteiger partial charge in [-0.2, -0.15) is 0 Å². The standard InChI is InChI=1S/C23H25NO7/c1-6-28-21(26)16-17(22(27)29-7-2)20(24-23(3,4)5)31-19(16)14-12-30-15-11-9-8-10-13(15)18(14)25/h8-12,24H,6-7H2,1-5H3. The summed E-state index contributed by atoms with van der Waals surface area (Å²) in [5.41, 5.74) is -0.851. The molecule has 0 aliphatic carbocycles. The number of hydrogen-bond acceptors (Lipinski definition) is 8. The summed E-state index contributed by atoms with van der Waals surface area (Å²) < 4.78 is 21.8. The third-order valence-electron chi connectivity index (χ3n) is 4.28. The van der Waals surface area contributed by atoms with Gasteiger partial charge in [-0.05, 0) is 46.8 Å². The van der Waals surface area contributed by atoms with Crippen LogP contribution in [0.2, 0.25) is 0 Å². The van der Waals surface area contributed by atoms with Crippen LogP contribution in [0.3, 0.4) is 0 Å². The number of rotatable bonds is 6. The average Bonchev–Trinajstić information content (AvgIpc) is 3.06. The average molecular weight is 427 g/mol. The van der Waals surface area contributed by atoms with Crippen LogP contribution in [0.15, 0.2) is 44.2 Å². The van der Waals surface area contributed by atoms with Gasteiger partial charge in [-0.3, -0.25) is 4.79 Å². The molecule has 0 spiro atoms. The maximum absolute atomic E-state index is 13.2. The molecule has 0 atom stereocenters. The molecule has 0 radical (unpaired) electrons. The number of esters is 2. The van der Waals surface area contributed by atoms with Crippen LogP contribution in [0, 0.1) is 0 Å². The number of carbonyl (C=O) groups excluding carboxylic acids is 2. The number of nitrogens with one attached hydrogen (secondary N) is 1. The minimum atomic E-state index is -0.807. The van der Waals surface area contributed by atoms with Crippen LogP contribution in [0.5, 0.6) is 0 Å². The second kappa shape index (κ2) is 8.67. The van der Waals surface area contributed by atoms with E-state index in [4.69, 9.17) is 18.3 Å². The molecule has 0 unspecified atom stereocenters. The van der Waals surface area contributed by atoms with E-state index in [2.05, 4.69) is 5.32 Å². The predicted molar refractivity (Wildman–Crippen MR) is 115 cm³/mol. The number of ether oxygens (including phenoxy) is 2. The Morgan fingerprint density at radius 2 is 1.61 bits per heavy atom. The van der Waals surface area contributed by atoms with Crippen molar-refractivity contribution in [2.45, 2.75) is 40.2 Å². The molecule has 3 aromatic rings. The fourth-order valence-electron chi connectivity index (χ4n) is 3.08. The fraction of sp³-hybridized carbons (Fsp3) is 0.348. The van der Waals surface area contributed by atoms with E-state index in [1.54, 1.807) is 38.1 Å². The maximum Gasteiger partial charge on any atom is 0.344 e. The summed E-state index contributed by atoms with van der Waals surface area (Å²) >= 11 is 0. The molecule has 0 amide bonds. The van der Waals surface area contributed by atoms with E-state index in [0.29, 0.717) is 11.0 Å². The number of fused-ring (bicyclic) bond motifs is 1. The van der Waals surface area contributed by atoms with Crippen molar-refractivity contribution in [2.75, 3.05) is 18.5 Å². The van der Waals surface area contributed by atoms with Gasteiger partial charge in [0.05, 0.1) is 18.6 Å². The summed E-state index contributed by atoms with van der Waals surface area (Å²) in [5, 5.41) is 3.38. The van der Waals surface area contributed by atoms with E-state index >= 15 is 0 Å². The van der Waals surface area contributed by atoms with Crippen molar-refractivity contribution in [2.24, 2.45) is 0 Å². The van der Waals surface area contributed by atoms with Gasteiger partial charge in [-0.15, -0.1) is 0 Å². The molecule has 1 aromatic carbocycles. The number of anilines is 1. The molecular weight excluding hydrogens is 402 g/mol. The number of furan rings is 1. The van der Waals surface area contributed by atoms with Crippen LogP contribution < -0.4 is 10.7 Å². The molecule has 2 aromatic heterocycles. The number of carbonyl (C=O) groups is 2. The lowest BCUT2D eigenvalue weighted by Gasteiger charge is -2.20. The Bertz CT molecular complexity index is 1180. The van der Waals surface area contributed by atoms with Gasteiger partial charge < -0.3 is 23.6 Å². The molecule has 0 saturated heterocycles. The normalized spacial score (nSPS) is 11.4. The summed E-state index contributed by atoms with van der Waals surface area (Å²) in [6, 6.07) is 6.71. The Balaban J connectivity index is 2.35. The van der Waals surface area contributed by atoms with Crippen LogP contribution in [0.25, 0.3) is 22.3 Å². The number of hydrogen-bond donors (Lipinski definition) is 1. The van der Waals surface area contributed by atoms with Crippen LogP contribution >= 0.6 is 0 Å².